The number of aromatic nitrogens is 2. The van der Waals surface area contributed by atoms with Crippen molar-refractivity contribution in [2.24, 2.45) is 5.92 Å². The van der Waals surface area contributed by atoms with E-state index in [4.69, 9.17) is 9.72 Å². The first kappa shape index (κ1) is 45.7. The third-order valence-electron chi connectivity index (χ3n) is 14.2. The fourth-order valence-corrected chi connectivity index (χ4v) is 10.6. The molecule has 5 heterocycles. The number of nitrogens with zero attached hydrogens (tertiary/aromatic N) is 6. The first-order valence-corrected chi connectivity index (χ1v) is 23.0. The number of amides is 5. The standard InChI is InChI=1S/C47H59F2N9O7/c1-4-36-45(64)55(2)37-27-50-46(53-41(37)58(36)30-8-5-6-9-30)51-35-12-10-29(24-38(35)65-3)42(61)54-47(18-23-59)16-7-19-57(22-17-47)44(63)28-14-20-56(21-15-28)31-25-33(48)40(34(49)26-31)32-11-13-39(60)52-43(32)62/h10,12,24-28,30,32,36,59H,4-9,11,13-23H2,1-3H3,(H,54,61)(H,50,51,53)(H,52,60,62)/t32?,36-,47?/m1/s1. The Balaban J connectivity index is 0.892. The SMILES string of the molecule is CC[C@@H]1C(=O)N(C)c2cnc(Nc3ccc(C(=O)NC4(CCO)CCCN(C(=O)C5CCN(c6cc(F)c(C7CCC(=O)NC7=O)c(F)c6)CC5)CC4)cc3OC)nc2N1C1CCCC1. The molecule has 65 heavy (non-hydrogen) atoms. The zero-order valence-corrected chi connectivity index (χ0v) is 37.3. The van der Waals surface area contributed by atoms with E-state index in [0.717, 1.165) is 25.7 Å². The fourth-order valence-electron chi connectivity index (χ4n) is 10.6. The number of likely N-dealkylation sites (N-methyl/N-ethyl adjacent to an activating group) is 1. The lowest BCUT2D eigenvalue weighted by atomic mass is 9.86. The van der Waals surface area contributed by atoms with Gasteiger partial charge < -0.3 is 40.1 Å². The number of anilines is 5. The van der Waals surface area contributed by atoms with Crippen LogP contribution in [0.15, 0.2) is 36.5 Å². The summed E-state index contributed by atoms with van der Waals surface area (Å²) in [6.07, 6.45) is 9.44. The summed E-state index contributed by atoms with van der Waals surface area (Å²) in [6.45, 7) is 3.54. The number of nitrogens with one attached hydrogen (secondary N) is 3. The lowest BCUT2D eigenvalue weighted by Gasteiger charge is -2.43. The average molecular weight is 900 g/mol. The number of methoxy groups -OCH3 is 1. The van der Waals surface area contributed by atoms with Crippen molar-refractivity contribution in [3.05, 3.63) is 59.3 Å². The summed E-state index contributed by atoms with van der Waals surface area (Å²) in [7, 11) is 3.27. The summed E-state index contributed by atoms with van der Waals surface area (Å²) in [5.74, 6) is -3.11. The van der Waals surface area contributed by atoms with Crippen LogP contribution in [0.25, 0.3) is 0 Å². The van der Waals surface area contributed by atoms with E-state index in [1.807, 2.05) is 16.7 Å². The van der Waals surface area contributed by atoms with E-state index >= 15 is 8.78 Å². The van der Waals surface area contributed by atoms with Gasteiger partial charge in [-0.1, -0.05) is 19.8 Å². The third kappa shape index (κ3) is 9.31. The van der Waals surface area contributed by atoms with Crippen LogP contribution in [-0.4, -0.2) is 114 Å². The molecule has 348 valence electrons. The van der Waals surface area contributed by atoms with Crippen LogP contribution < -0.4 is 35.4 Å². The Labute approximate surface area is 377 Å². The summed E-state index contributed by atoms with van der Waals surface area (Å²) in [5, 5.41) is 18.8. The molecule has 0 spiro atoms. The number of rotatable bonds is 12. The minimum absolute atomic E-state index is 0.00555. The van der Waals surface area contributed by atoms with E-state index in [2.05, 4.69) is 25.8 Å². The minimum Gasteiger partial charge on any atom is -0.495 e. The summed E-state index contributed by atoms with van der Waals surface area (Å²) in [5.41, 5.74) is 0.777. The Morgan fingerprint density at radius 1 is 0.969 bits per heavy atom. The summed E-state index contributed by atoms with van der Waals surface area (Å²) >= 11 is 0. The van der Waals surface area contributed by atoms with Crippen LogP contribution in [0.2, 0.25) is 0 Å². The highest BCUT2D eigenvalue weighted by molar-refractivity contribution is 6.04. The van der Waals surface area contributed by atoms with Crippen LogP contribution in [0.5, 0.6) is 5.75 Å². The molecule has 1 aliphatic carbocycles. The number of hydrogen-bond acceptors (Lipinski definition) is 12. The van der Waals surface area contributed by atoms with Gasteiger partial charge in [0.15, 0.2) is 5.82 Å². The molecule has 3 atom stereocenters. The van der Waals surface area contributed by atoms with Gasteiger partial charge in [0.1, 0.15) is 29.1 Å². The monoisotopic (exact) mass is 899 g/mol. The average Bonchev–Trinajstić information content (AvgIpc) is 3.75. The second-order valence-electron chi connectivity index (χ2n) is 18.1. The third-order valence-corrected chi connectivity index (χ3v) is 14.2. The number of halogens is 2. The summed E-state index contributed by atoms with van der Waals surface area (Å²) in [6, 6.07) is 7.41. The molecular weight excluding hydrogens is 841 g/mol. The number of fused-ring (bicyclic) bond motifs is 1. The highest BCUT2D eigenvalue weighted by Crippen LogP contribution is 2.41. The first-order chi connectivity index (χ1) is 31.3. The van der Waals surface area contributed by atoms with E-state index in [0.29, 0.717) is 111 Å². The Kier molecular flexibility index (Phi) is 13.5. The second kappa shape index (κ2) is 19.3. The maximum absolute atomic E-state index is 15.3. The molecule has 2 aromatic carbocycles. The Morgan fingerprint density at radius 2 is 1.71 bits per heavy atom. The zero-order chi connectivity index (χ0) is 46.0. The van der Waals surface area contributed by atoms with Crippen molar-refractivity contribution < 1.29 is 42.6 Å². The van der Waals surface area contributed by atoms with Gasteiger partial charge in [-0.2, -0.15) is 4.98 Å². The van der Waals surface area contributed by atoms with Crippen molar-refractivity contribution in [2.75, 3.05) is 67.0 Å². The van der Waals surface area contributed by atoms with Crippen molar-refractivity contribution >= 4 is 58.4 Å². The van der Waals surface area contributed by atoms with E-state index in [-0.39, 0.29) is 60.7 Å². The van der Waals surface area contributed by atoms with Gasteiger partial charge in [-0.15, -0.1) is 0 Å². The number of likely N-dealkylation sites (tertiary alicyclic amines) is 1. The topological polar surface area (TPSA) is 190 Å². The van der Waals surface area contributed by atoms with Gasteiger partial charge in [-0.05, 0) is 94.5 Å². The number of piperidine rings is 2. The predicted molar refractivity (Wildman–Crippen MR) is 239 cm³/mol. The highest BCUT2D eigenvalue weighted by atomic mass is 19.1. The zero-order valence-electron chi connectivity index (χ0n) is 37.3. The molecule has 3 saturated heterocycles. The van der Waals surface area contributed by atoms with Crippen molar-refractivity contribution in [2.45, 2.75) is 114 Å². The summed E-state index contributed by atoms with van der Waals surface area (Å²) < 4.78 is 36.3. The number of carbonyl (C=O) groups is 5. The Morgan fingerprint density at radius 3 is 2.38 bits per heavy atom. The number of hydrogen-bond donors (Lipinski definition) is 4. The van der Waals surface area contributed by atoms with Crippen molar-refractivity contribution in [1.29, 1.82) is 0 Å². The molecule has 18 heteroatoms. The Hall–Kier alpha value is -5.91. The van der Waals surface area contributed by atoms with Gasteiger partial charge in [0.05, 0.1) is 24.9 Å². The van der Waals surface area contributed by atoms with E-state index in [1.54, 1.807) is 36.3 Å². The number of aliphatic hydroxyl groups excluding tert-OH is 1. The van der Waals surface area contributed by atoms with Crippen LogP contribution >= 0.6 is 0 Å². The van der Waals surface area contributed by atoms with Crippen LogP contribution in [0.4, 0.5) is 37.6 Å². The van der Waals surface area contributed by atoms with E-state index < -0.39 is 34.9 Å². The van der Waals surface area contributed by atoms with Gasteiger partial charge in [-0.25, -0.2) is 13.8 Å². The number of aliphatic hydroxyl groups is 1. The lowest BCUT2D eigenvalue weighted by molar-refractivity contribution is -0.136. The van der Waals surface area contributed by atoms with Crippen molar-refractivity contribution in [3.63, 3.8) is 0 Å². The van der Waals surface area contributed by atoms with Gasteiger partial charge in [0, 0.05) is 80.6 Å². The van der Waals surface area contributed by atoms with Crippen molar-refractivity contribution in [3.8, 4) is 5.75 Å². The van der Waals surface area contributed by atoms with Crippen LogP contribution in [0, 0.1) is 17.6 Å². The van der Waals surface area contributed by atoms with Gasteiger partial charge in [-0.3, -0.25) is 29.3 Å². The molecule has 4 aliphatic heterocycles. The van der Waals surface area contributed by atoms with E-state index in [1.165, 1.54) is 19.2 Å². The Bertz CT molecular complexity index is 2300. The molecule has 1 aromatic heterocycles. The van der Waals surface area contributed by atoms with Gasteiger partial charge in [0.2, 0.25) is 29.6 Å². The minimum atomic E-state index is -1.08. The molecule has 0 bridgehead atoms. The number of ether oxygens (including phenoxy) is 1. The van der Waals surface area contributed by atoms with Crippen molar-refractivity contribution in [1.82, 2.24) is 25.5 Å². The van der Waals surface area contributed by atoms with Gasteiger partial charge >= 0.3 is 0 Å². The molecule has 3 aromatic rings. The quantitative estimate of drug-likeness (QED) is 0.172. The number of imide groups is 1. The highest BCUT2D eigenvalue weighted by Gasteiger charge is 2.42. The molecule has 2 unspecified atom stereocenters. The number of carbonyl (C=O) groups excluding carboxylic acids is 5. The van der Waals surface area contributed by atoms with Crippen LogP contribution in [0.1, 0.15) is 112 Å². The second-order valence-corrected chi connectivity index (χ2v) is 18.1. The van der Waals surface area contributed by atoms with Gasteiger partial charge in [0.25, 0.3) is 5.91 Å². The van der Waals surface area contributed by atoms with Crippen LogP contribution in [-0.2, 0) is 19.2 Å². The molecule has 1 saturated carbocycles. The summed E-state index contributed by atoms with van der Waals surface area (Å²) in [4.78, 5) is 82.1. The predicted octanol–water partition coefficient (Wildman–Crippen LogP) is 5.31. The number of benzene rings is 2. The molecule has 4 fully saturated rings. The molecule has 5 aliphatic rings. The molecule has 8 rings (SSSR count). The maximum Gasteiger partial charge on any atom is 0.251 e. The molecule has 0 radical (unpaired) electrons. The first-order valence-electron chi connectivity index (χ1n) is 23.0. The molecule has 5 amide bonds. The molecule has 16 nitrogen and oxygen atoms in total. The van der Waals surface area contributed by atoms with Crippen LogP contribution in [0.3, 0.4) is 0 Å². The maximum atomic E-state index is 15.3. The smallest absolute Gasteiger partial charge is 0.251 e. The normalized spacial score (nSPS) is 23.3. The largest absolute Gasteiger partial charge is 0.495 e. The molecular formula is C47H59F2N9O7. The van der Waals surface area contributed by atoms with E-state index in [9.17, 15) is 29.1 Å². The lowest BCUT2D eigenvalue weighted by Crippen LogP contribution is -2.55. The fraction of sp³-hybridized carbons (Fsp3) is 0.553. The molecule has 4 N–H and O–H groups in total.